The Kier molecular flexibility index (Phi) is 6.60. The predicted molar refractivity (Wildman–Crippen MR) is 99.9 cm³/mol. The topological polar surface area (TPSA) is 134 Å². The highest BCUT2D eigenvalue weighted by atomic mass is 35.5. The van der Waals surface area contributed by atoms with Crippen molar-refractivity contribution in [1.82, 2.24) is 4.72 Å². The highest BCUT2D eigenvalue weighted by Gasteiger charge is 2.30. The Morgan fingerprint density at radius 1 is 1.15 bits per heavy atom. The number of nitrogens with one attached hydrogen (secondary N) is 1. The van der Waals surface area contributed by atoms with E-state index in [1.807, 2.05) is 6.07 Å². The molecule has 0 spiro atoms. The van der Waals surface area contributed by atoms with Gasteiger partial charge in [0, 0.05) is 18.7 Å². The Hall–Kier alpha value is -2.40. The molecule has 0 saturated heterocycles. The van der Waals surface area contributed by atoms with E-state index in [1.165, 1.54) is 0 Å². The lowest BCUT2D eigenvalue weighted by Gasteiger charge is -2.19. The predicted octanol–water partition coefficient (Wildman–Crippen LogP) is 1.77. The van der Waals surface area contributed by atoms with Gasteiger partial charge in [0.25, 0.3) is 5.69 Å². The molecule has 0 bridgehead atoms. The van der Waals surface area contributed by atoms with Gasteiger partial charge in [-0.25, -0.2) is 13.1 Å². The number of benzene rings is 2. The third-order valence-corrected chi connectivity index (χ3v) is 5.28. The Bertz CT molecular complexity index is 923. The lowest BCUT2D eigenvalue weighted by atomic mass is 10.1. The normalized spacial score (nSPS) is 14.1. The minimum Gasteiger partial charge on any atom is -0.486 e. The highest BCUT2D eigenvalue weighted by Crippen LogP contribution is 2.38. The van der Waals surface area contributed by atoms with Crippen LogP contribution in [0.2, 0.25) is 0 Å². The number of nitrogens with zero attached hydrogens (tertiary/aromatic N) is 1. The summed E-state index contributed by atoms with van der Waals surface area (Å²) in [5.74, 6) is 0.289. The SMILES string of the molecule is Cl.NC(CNS(=O)(=O)c1cc2c(cc1[N+](=O)[O-])OCCO2)c1ccccc1. The quantitative estimate of drug-likeness (QED) is 0.542. The van der Waals surface area contributed by atoms with E-state index < -0.39 is 31.6 Å². The number of ether oxygens (including phenoxy) is 2. The molecule has 2 aromatic rings. The van der Waals surface area contributed by atoms with Crippen LogP contribution in [0.15, 0.2) is 47.4 Å². The number of hydrogen-bond acceptors (Lipinski definition) is 7. The van der Waals surface area contributed by atoms with Crippen molar-refractivity contribution in [2.24, 2.45) is 5.73 Å². The summed E-state index contributed by atoms with van der Waals surface area (Å²) in [6, 6.07) is 10.5. The van der Waals surface area contributed by atoms with Gasteiger partial charge in [-0.05, 0) is 5.56 Å². The number of halogens is 1. The van der Waals surface area contributed by atoms with Crippen LogP contribution in [0, 0.1) is 10.1 Å². The molecule has 2 aromatic carbocycles. The summed E-state index contributed by atoms with van der Waals surface area (Å²) in [5.41, 5.74) is 6.14. The smallest absolute Gasteiger partial charge is 0.293 e. The van der Waals surface area contributed by atoms with Crippen LogP contribution in [-0.4, -0.2) is 33.1 Å². The average Bonchev–Trinajstić information content (AvgIpc) is 2.65. The van der Waals surface area contributed by atoms with Crippen molar-refractivity contribution >= 4 is 28.1 Å². The number of nitro groups is 1. The van der Waals surface area contributed by atoms with Crippen LogP contribution in [0.4, 0.5) is 5.69 Å². The zero-order valence-corrected chi connectivity index (χ0v) is 15.7. The number of fused-ring (bicyclic) bond motifs is 1. The van der Waals surface area contributed by atoms with E-state index in [-0.39, 0.29) is 43.7 Å². The number of hydrogen-bond donors (Lipinski definition) is 2. The molecule has 0 fully saturated rings. The number of sulfonamides is 1. The highest BCUT2D eigenvalue weighted by molar-refractivity contribution is 7.89. The van der Waals surface area contributed by atoms with Crippen molar-refractivity contribution in [2.75, 3.05) is 19.8 Å². The fraction of sp³-hybridized carbons (Fsp3) is 0.250. The van der Waals surface area contributed by atoms with Crippen LogP contribution in [0.25, 0.3) is 0 Å². The number of nitrogens with two attached hydrogens (primary N) is 1. The molecule has 0 radical (unpaired) electrons. The van der Waals surface area contributed by atoms with Gasteiger partial charge in [-0.3, -0.25) is 10.1 Å². The minimum absolute atomic E-state index is 0. The lowest BCUT2D eigenvalue weighted by molar-refractivity contribution is -0.388. The molecule has 11 heteroatoms. The van der Waals surface area contributed by atoms with Crippen LogP contribution >= 0.6 is 12.4 Å². The largest absolute Gasteiger partial charge is 0.486 e. The third kappa shape index (κ3) is 4.66. The number of rotatable bonds is 6. The van der Waals surface area contributed by atoms with Crippen molar-refractivity contribution in [1.29, 1.82) is 0 Å². The maximum absolute atomic E-state index is 12.6. The number of nitro benzene ring substituents is 1. The molecule has 1 atom stereocenters. The zero-order valence-electron chi connectivity index (χ0n) is 14.0. The molecule has 0 amide bonds. The molecule has 1 heterocycles. The molecule has 3 N–H and O–H groups in total. The van der Waals surface area contributed by atoms with Gasteiger partial charge in [0.1, 0.15) is 13.2 Å². The van der Waals surface area contributed by atoms with E-state index in [4.69, 9.17) is 15.2 Å². The minimum atomic E-state index is -4.18. The molecule has 0 aromatic heterocycles. The summed E-state index contributed by atoms with van der Waals surface area (Å²) in [7, 11) is -4.18. The molecule has 1 aliphatic heterocycles. The van der Waals surface area contributed by atoms with Gasteiger partial charge in [-0.15, -0.1) is 12.4 Å². The molecule has 1 aliphatic rings. The summed E-state index contributed by atoms with van der Waals surface area (Å²) < 4.78 is 38.1. The lowest BCUT2D eigenvalue weighted by Crippen LogP contribution is -2.32. The second-order valence-electron chi connectivity index (χ2n) is 5.59. The van der Waals surface area contributed by atoms with Crippen molar-refractivity contribution in [2.45, 2.75) is 10.9 Å². The van der Waals surface area contributed by atoms with Crippen LogP contribution in [-0.2, 0) is 10.0 Å². The zero-order chi connectivity index (χ0) is 18.7. The van der Waals surface area contributed by atoms with Crippen molar-refractivity contribution in [3.63, 3.8) is 0 Å². The fourth-order valence-electron chi connectivity index (χ4n) is 2.51. The Labute approximate surface area is 162 Å². The first kappa shape index (κ1) is 20.9. The second-order valence-corrected chi connectivity index (χ2v) is 7.33. The van der Waals surface area contributed by atoms with E-state index in [9.17, 15) is 18.5 Å². The summed E-state index contributed by atoms with van der Waals surface area (Å²) in [4.78, 5) is 10.0. The maximum Gasteiger partial charge on any atom is 0.293 e. The molecule has 146 valence electrons. The van der Waals surface area contributed by atoms with Crippen LogP contribution in [0.3, 0.4) is 0 Å². The van der Waals surface area contributed by atoms with E-state index >= 15 is 0 Å². The standard InChI is InChI=1S/C16H17N3O6S.ClH/c17-12(11-4-2-1-3-5-11)10-18-26(22,23)16-9-15-14(24-6-7-25-15)8-13(16)19(20)21;/h1-5,8-9,12,18H,6-7,10,17H2;1H. The first-order valence-corrected chi connectivity index (χ1v) is 9.25. The molecule has 27 heavy (non-hydrogen) atoms. The summed E-state index contributed by atoms with van der Waals surface area (Å²) in [6.07, 6.45) is 0. The molecular weight excluding hydrogens is 398 g/mol. The van der Waals surface area contributed by atoms with Gasteiger partial charge in [-0.2, -0.15) is 0 Å². The molecule has 9 nitrogen and oxygen atoms in total. The van der Waals surface area contributed by atoms with Gasteiger partial charge in [0.15, 0.2) is 16.4 Å². The first-order valence-electron chi connectivity index (χ1n) is 7.77. The van der Waals surface area contributed by atoms with Crippen LogP contribution in [0.1, 0.15) is 11.6 Å². The monoisotopic (exact) mass is 415 g/mol. The van der Waals surface area contributed by atoms with Gasteiger partial charge in [0.2, 0.25) is 10.0 Å². The summed E-state index contributed by atoms with van der Waals surface area (Å²) >= 11 is 0. The van der Waals surface area contributed by atoms with Gasteiger partial charge >= 0.3 is 0 Å². The van der Waals surface area contributed by atoms with Crippen LogP contribution in [0.5, 0.6) is 11.5 Å². The molecule has 0 aliphatic carbocycles. The fourth-order valence-corrected chi connectivity index (χ4v) is 3.74. The summed E-state index contributed by atoms with van der Waals surface area (Å²) in [5, 5.41) is 11.3. The Balaban J connectivity index is 0.00000261. The Morgan fingerprint density at radius 3 is 2.33 bits per heavy atom. The van der Waals surface area contributed by atoms with E-state index in [2.05, 4.69) is 4.72 Å². The van der Waals surface area contributed by atoms with Gasteiger partial charge in [-0.1, -0.05) is 30.3 Å². The van der Waals surface area contributed by atoms with Crippen LogP contribution < -0.4 is 19.9 Å². The summed E-state index contributed by atoms with van der Waals surface area (Å²) in [6.45, 7) is 0.356. The van der Waals surface area contributed by atoms with Gasteiger partial charge in [0.05, 0.1) is 11.0 Å². The molecule has 1 unspecified atom stereocenters. The van der Waals surface area contributed by atoms with Gasteiger partial charge < -0.3 is 15.2 Å². The molecule has 0 saturated carbocycles. The third-order valence-electron chi connectivity index (χ3n) is 3.83. The van der Waals surface area contributed by atoms with E-state index in [1.54, 1.807) is 24.3 Å². The molecule has 3 rings (SSSR count). The van der Waals surface area contributed by atoms with Crippen molar-refractivity contribution in [3.8, 4) is 11.5 Å². The average molecular weight is 416 g/mol. The second kappa shape index (κ2) is 8.53. The van der Waals surface area contributed by atoms with Crippen molar-refractivity contribution in [3.05, 3.63) is 58.1 Å². The Morgan fingerprint density at radius 2 is 1.74 bits per heavy atom. The van der Waals surface area contributed by atoms with E-state index in [0.29, 0.717) is 0 Å². The van der Waals surface area contributed by atoms with E-state index in [0.717, 1.165) is 17.7 Å². The first-order chi connectivity index (χ1) is 12.4. The molecular formula is C16H18ClN3O6S. The maximum atomic E-state index is 12.6. The van der Waals surface area contributed by atoms with Crippen molar-refractivity contribution < 1.29 is 22.8 Å².